The fourth-order valence-electron chi connectivity index (χ4n) is 2.36. The lowest BCUT2D eigenvalue weighted by Crippen LogP contribution is -2.26. The van der Waals surface area contributed by atoms with Gasteiger partial charge in [0.2, 0.25) is 0 Å². The molecule has 2 heterocycles. The predicted molar refractivity (Wildman–Crippen MR) is 69.5 cm³/mol. The number of halogens is 1. The Hall–Kier alpha value is -1.94. The van der Waals surface area contributed by atoms with Gasteiger partial charge in [0.25, 0.3) is 0 Å². The first kappa shape index (κ1) is 12.1. The van der Waals surface area contributed by atoms with E-state index in [4.69, 9.17) is 4.74 Å². The third kappa shape index (κ3) is 2.31. The number of ether oxygens (including phenoxy) is 1. The summed E-state index contributed by atoms with van der Waals surface area (Å²) in [4.78, 5) is 4.24. The molecule has 0 saturated heterocycles. The van der Waals surface area contributed by atoms with Crippen molar-refractivity contribution in [2.45, 2.75) is 18.9 Å². The van der Waals surface area contributed by atoms with Crippen LogP contribution in [-0.2, 0) is 6.42 Å². The second-order valence-electron chi connectivity index (χ2n) is 4.62. The Labute approximate surface area is 110 Å². The van der Waals surface area contributed by atoms with Crippen molar-refractivity contribution in [1.82, 2.24) is 4.98 Å². The number of aliphatic hydroxyl groups is 1. The van der Waals surface area contributed by atoms with Crippen LogP contribution in [0.5, 0.6) is 5.75 Å². The molecule has 98 valence electrons. The molecule has 4 heteroatoms. The Balaban J connectivity index is 2.12. The quantitative estimate of drug-likeness (QED) is 0.901. The summed E-state index contributed by atoms with van der Waals surface area (Å²) in [6, 6.07) is 8.41. The van der Waals surface area contributed by atoms with Gasteiger partial charge in [-0.1, -0.05) is 6.07 Å². The van der Waals surface area contributed by atoms with Crippen LogP contribution < -0.4 is 4.74 Å². The second-order valence-corrected chi connectivity index (χ2v) is 4.62. The summed E-state index contributed by atoms with van der Waals surface area (Å²) in [6.07, 6.45) is 2.85. The summed E-state index contributed by atoms with van der Waals surface area (Å²) in [6.45, 7) is -0.0293. The van der Waals surface area contributed by atoms with Gasteiger partial charge in [0.1, 0.15) is 17.7 Å². The zero-order chi connectivity index (χ0) is 13.2. The molecule has 0 spiro atoms. The number of pyridine rings is 1. The van der Waals surface area contributed by atoms with Crippen LogP contribution in [0.15, 0.2) is 36.5 Å². The highest BCUT2D eigenvalue weighted by molar-refractivity contribution is 5.69. The molecule has 19 heavy (non-hydrogen) atoms. The summed E-state index contributed by atoms with van der Waals surface area (Å²) in [5.74, 6) is 0.357. The Bertz CT molecular complexity index is 586. The van der Waals surface area contributed by atoms with Crippen LogP contribution in [0.25, 0.3) is 11.3 Å². The van der Waals surface area contributed by atoms with Crippen LogP contribution in [0, 0.1) is 5.82 Å². The Morgan fingerprint density at radius 1 is 1.37 bits per heavy atom. The van der Waals surface area contributed by atoms with E-state index in [1.165, 1.54) is 12.1 Å². The van der Waals surface area contributed by atoms with E-state index in [1.54, 1.807) is 6.20 Å². The molecule has 1 N–H and O–H groups in total. The highest BCUT2D eigenvalue weighted by Gasteiger charge is 2.23. The van der Waals surface area contributed by atoms with Crippen molar-refractivity contribution in [2.24, 2.45) is 0 Å². The molecule has 0 radical (unpaired) electrons. The van der Waals surface area contributed by atoms with E-state index < -0.39 is 0 Å². The molecule has 1 aliphatic heterocycles. The lowest BCUT2D eigenvalue weighted by Gasteiger charge is -2.26. The van der Waals surface area contributed by atoms with Crippen LogP contribution in [0.1, 0.15) is 12.0 Å². The number of aliphatic hydroxyl groups excluding tert-OH is 1. The molecule has 0 fully saturated rings. The molecular weight excluding hydrogens is 245 g/mol. The van der Waals surface area contributed by atoms with Gasteiger partial charge in [-0.3, -0.25) is 4.98 Å². The first-order valence-corrected chi connectivity index (χ1v) is 6.29. The minimum Gasteiger partial charge on any atom is -0.487 e. The standard InChI is InChI=1S/C15H14FNO2/c16-11-7-10-4-5-12(9-18)19-15(10)13(8-11)14-3-1-2-6-17-14/h1-3,6-8,12,18H,4-5,9H2. The van der Waals surface area contributed by atoms with Crippen molar-refractivity contribution in [3.63, 3.8) is 0 Å². The summed E-state index contributed by atoms with van der Waals surface area (Å²) in [7, 11) is 0. The second kappa shape index (κ2) is 4.97. The van der Waals surface area contributed by atoms with E-state index in [2.05, 4.69) is 4.98 Å². The SMILES string of the molecule is OCC1CCc2cc(F)cc(-c3ccccn3)c2O1. The van der Waals surface area contributed by atoms with Gasteiger partial charge < -0.3 is 9.84 Å². The average molecular weight is 259 g/mol. The number of hydrogen-bond donors (Lipinski definition) is 1. The molecule has 0 amide bonds. The largest absolute Gasteiger partial charge is 0.487 e. The van der Waals surface area contributed by atoms with Crippen molar-refractivity contribution in [1.29, 1.82) is 0 Å². The topological polar surface area (TPSA) is 42.4 Å². The van der Waals surface area contributed by atoms with Gasteiger partial charge in [0, 0.05) is 11.8 Å². The number of hydrogen-bond acceptors (Lipinski definition) is 3. The molecule has 3 nitrogen and oxygen atoms in total. The molecule has 1 aromatic heterocycles. The number of aryl methyl sites for hydroxylation is 1. The van der Waals surface area contributed by atoms with Crippen molar-refractivity contribution in [3.8, 4) is 17.0 Å². The fraction of sp³-hybridized carbons (Fsp3) is 0.267. The van der Waals surface area contributed by atoms with E-state index in [-0.39, 0.29) is 18.5 Å². The Morgan fingerprint density at radius 3 is 3.00 bits per heavy atom. The number of rotatable bonds is 2. The third-order valence-corrected chi connectivity index (χ3v) is 3.30. The normalized spacial score (nSPS) is 17.7. The number of aromatic nitrogens is 1. The fourth-order valence-corrected chi connectivity index (χ4v) is 2.36. The van der Waals surface area contributed by atoms with E-state index in [1.807, 2.05) is 18.2 Å². The average Bonchev–Trinajstić information content (AvgIpc) is 2.47. The highest BCUT2D eigenvalue weighted by Crippen LogP contribution is 2.37. The van der Waals surface area contributed by atoms with Crippen LogP contribution in [0.2, 0.25) is 0 Å². The summed E-state index contributed by atoms with van der Waals surface area (Å²) >= 11 is 0. The minimum absolute atomic E-state index is 0.0293. The molecule has 1 atom stereocenters. The first-order chi connectivity index (χ1) is 9.28. The maximum atomic E-state index is 13.7. The molecule has 2 aromatic rings. The summed E-state index contributed by atoms with van der Waals surface area (Å²) in [5.41, 5.74) is 2.16. The molecule has 0 saturated carbocycles. The maximum Gasteiger partial charge on any atom is 0.132 e. The van der Waals surface area contributed by atoms with E-state index >= 15 is 0 Å². The van der Waals surface area contributed by atoms with Gasteiger partial charge in [0.05, 0.1) is 12.3 Å². The first-order valence-electron chi connectivity index (χ1n) is 6.29. The van der Waals surface area contributed by atoms with Crippen molar-refractivity contribution < 1.29 is 14.2 Å². The van der Waals surface area contributed by atoms with Crippen molar-refractivity contribution in [3.05, 3.63) is 47.9 Å². The van der Waals surface area contributed by atoms with Gasteiger partial charge in [-0.25, -0.2) is 4.39 Å². The van der Waals surface area contributed by atoms with Gasteiger partial charge >= 0.3 is 0 Å². The number of nitrogens with zero attached hydrogens (tertiary/aromatic N) is 1. The van der Waals surface area contributed by atoms with Gasteiger partial charge in [-0.2, -0.15) is 0 Å². The van der Waals surface area contributed by atoms with Gasteiger partial charge in [0.15, 0.2) is 0 Å². The summed E-state index contributed by atoms with van der Waals surface area (Å²) in [5, 5.41) is 9.22. The zero-order valence-corrected chi connectivity index (χ0v) is 10.3. The van der Waals surface area contributed by atoms with Crippen LogP contribution in [0.3, 0.4) is 0 Å². The molecule has 1 aliphatic rings. The zero-order valence-electron chi connectivity index (χ0n) is 10.3. The van der Waals surface area contributed by atoms with Crippen LogP contribution in [-0.4, -0.2) is 22.8 Å². The van der Waals surface area contributed by atoms with Gasteiger partial charge in [-0.05, 0) is 42.7 Å². The Kier molecular flexibility index (Phi) is 3.17. The highest BCUT2D eigenvalue weighted by atomic mass is 19.1. The molecular formula is C15H14FNO2. The predicted octanol–water partition coefficient (Wildman–Crippen LogP) is 2.57. The smallest absolute Gasteiger partial charge is 0.132 e. The van der Waals surface area contributed by atoms with Gasteiger partial charge in [-0.15, -0.1) is 0 Å². The summed E-state index contributed by atoms with van der Waals surface area (Å²) < 4.78 is 19.5. The molecule has 3 rings (SSSR count). The van der Waals surface area contributed by atoms with Crippen molar-refractivity contribution in [2.75, 3.05) is 6.61 Å². The molecule has 1 aromatic carbocycles. The van der Waals surface area contributed by atoms with Crippen LogP contribution >= 0.6 is 0 Å². The van der Waals surface area contributed by atoms with E-state index in [9.17, 15) is 9.50 Å². The number of benzene rings is 1. The minimum atomic E-state index is -0.287. The molecule has 0 bridgehead atoms. The monoisotopic (exact) mass is 259 g/mol. The number of fused-ring (bicyclic) bond motifs is 1. The van der Waals surface area contributed by atoms with Crippen molar-refractivity contribution >= 4 is 0 Å². The third-order valence-electron chi connectivity index (χ3n) is 3.30. The molecule has 1 unspecified atom stereocenters. The van der Waals surface area contributed by atoms with E-state index in [0.29, 0.717) is 29.8 Å². The Morgan fingerprint density at radius 2 is 2.26 bits per heavy atom. The van der Waals surface area contributed by atoms with E-state index in [0.717, 1.165) is 5.56 Å². The van der Waals surface area contributed by atoms with Crippen LogP contribution in [0.4, 0.5) is 4.39 Å². The molecule has 0 aliphatic carbocycles. The maximum absolute atomic E-state index is 13.7. The lowest BCUT2D eigenvalue weighted by atomic mass is 9.97. The lowest BCUT2D eigenvalue weighted by molar-refractivity contribution is 0.0982.